The van der Waals surface area contributed by atoms with Gasteiger partial charge in [-0.1, -0.05) is 18.2 Å². The molecule has 0 saturated heterocycles. The maximum absolute atomic E-state index is 12.7. The zero-order valence-electron chi connectivity index (χ0n) is 19.1. The van der Waals surface area contributed by atoms with Crippen LogP contribution >= 0.6 is 0 Å². The largest absolute Gasteiger partial charge is 0.492 e. The molecule has 0 bridgehead atoms. The summed E-state index contributed by atoms with van der Waals surface area (Å²) in [4.78, 5) is 27.2. The van der Waals surface area contributed by atoms with Crippen LogP contribution in [0, 0.1) is 0 Å². The van der Waals surface area contributed by atoms with Gasteiger partial charge in [-0.2, -0.15) is 0 Å². The number of hydrogen-bond donors (Lipinski definition) is 2. The Morgan fingerprint density at radius 1 is 0.909 bits per heavy atom. The Morgan fingerprint density at radius 3 is 2.12 bits per heavy atom. The number of ether oxygens (including phenoxy) is 2. The molecule has 3 aromatic rings. The monoisotopic (exact) mass is 451 g/mol. The van der Waals surface area contributed by atoms with E-state index >= 15 is 0 Å². The normalized spacial score (nSPS) is 10.7. The summed E-state index contributed by atoms with van der Waals surface area (Å²) in [6, 6.07) is 15.9. The van der Waals surface area contributed by atoms with Crippen LogP contribution in [0.4, 0.5) is 11.4 Å². The summed E-state index contributed by atoms with van der Waals surface area (Å²) in [5, 5.41) is 5.76. The fourth-order valence-electron chi connectivity index (χ4n) is 3.25. The number of carbonyl (C=O) groups is 2. The minimum absolute atomic E-state index is 0.155. The van der Waals surface area contributed by atoms with Crippen LogP contribution in [0.25, 0.3) is 0 Å². The first-order chi connectivity index (χ1) is 16.0. The first-order valence-electron chi connectivity index (χ1n) is 10.8. The van der Waals surface area contributed by atoms with Crippen LogP contribution in [0.3, 0.4) is 0 Å². The van der Waals surface area contributed by atoms with Crippen molar-refractivity contribution in [2.45, 2.75) is 20.4 Å². The van der Waals surface area contributed by atoms with Gasteiger partial charge in [0.2, 0.25) is 5.91 Å². The van der Waals surface area contributed by atoms with Crippen molar-refractivity contribution in [3.8, 4) is 11.5 Å². The van der Waals surface area contributed by atoms with Gasteiger partial charge in [-0.05, 0) is 45.2 Å². The van der Waals surface area contributed by atoms with Gasteiger partial charge in [0.05, 0.1) is 43.9 Å². The lowest BCUT2D eigenvalue weighted by atomic mass is 10.2. The molecule has 0 aliphatic rings. The second kappa shape index (κ2) is 11.7. The summed E-state index contributed by atoms with van der Waals surface area (Å²) in [5.74, 6) is 1.16. The van der Waals surface area contributed by atoms with Gasteiger partial charge in [-0.3, -0.25) is 14.5 Å². The lowest BCUT2D eigenvalue weighted by Crippen LogP contribution is -2.29. The Hall–Kier alpha value is -3.78. The number of nitrogens with one attached hydrogen (secondary N) is 2. The standard InChI is InChI=1S/C25H29N3O5/c1-4-31-22-15-21(27-25(30)18-10-7-6-8-11-18)23(32-5-2)14-20(22)26-24(29)17-28(3)16-19-12-9-13-33-19/h6-15H,4-5,16-17H2,1-3H3,(H,26,29)(H,27,30). The van der Waals surface area contributed by atoms with Gasteiger partial charge in [0, 0.05) is 17.7 Å². The first kappa shape index (κ1) is 23.9. The average molecular weight is 452 g/mol. The van der Waals surface area contributed by atoms with Crippen molar-refractivity contribution >= 4 is 23.2 Å². The number of anilines is 2. The first-order valence-corrected chi connectivity index (χ1v) is 10.8. The molecule has 3 rings (SSSR count). The number of furan rings is 1. The van der Waals surface area contributed by atoms with E-state index in [1.807, 2.05) is 44.0 Å². The van der Waals surface area contributed by atoms with Crippen molar-refractivity contribution in [1.82, 2.24) is 4.90 Å². The molecule has 2 amide bonds. The summed E-state index contributed by atoms with van der Waals surface area (Å²) < 4.78 is 16.8. The third-order valence-corrected chi connectivity index (χ3v) is 4.66. The van der Waals surface area contributed by atoms with Crippen molar-refractivity contribution in [1.29, 1.82) is 0 Å². The molecule has 0 radical (unpaired) electrons. The van der Waals surface area contributed by atoms with E-state index in [0.29, 0.717) is 48.2 Å². The van der Waals surface area contributed by atoms with E-state index in [1.54, 1.807) is 42.7 Å². The van der Waals surface area contributed by atoms with Gasteiger partial charge in [0.25, 0.3) is 5.91 Å². The Morgan fingerprint density at radius 2 is 1.55 bits per heavy atom. The SMILES string of the molecule is CCOc1cc(NC(=O)c2ccccc2)c(OCC)cc1NC(=O)CN(C)Cc1ccco1. The van der Waals surface area contributed by atoms with Crippen molar-refractivity contribution < 1.29 is 23.5 Å². The van der Waals surface area contributed by atoms with Crippen molar-refractivity contribution in [2.24, 2.45) is 0 Å². The number of carbonyl (C=O) groups excluding carboxylic acids is 2. The Bertz CT molecular complexity index is 1050. The van der Waals surface area contributed by atoms with Crippen LogP contribution in [0.2, 0.25) is 0 Å². The molecule has 174 valence electrons. The lowest BCUT2D eigenvalue weighted by Gasteiger charge is -2.19. The lowest BCUT2D eigenvalue weighted by molar-refractivity contribution is -0.117. The van der Waals surface area contributed by atoms with Crippen molar-refractivity contribution in [3.05, 3.63) is 72.2 Å². The molecule has 33 heavy (non-hydrogen) atoms. The summed E-state index contributed by atoms with van der Waals surface area (Å²) >= 11 is 0. The fourth-order valence-corrected chi connectivity index (χ4v) is 3.25. The van der Waals surface area contributed by atoms with Crippen LogP contribution in [-0.2, 0) is 11.3 Å². The van der Waals surface area contributed by atoms with Gasteiger partial charge in [0.1, 0.15) is 17.3 Å². The van der Waals surface area contributed by atoms with Gasteiger partial charge < -0.3 is 24.5 Å². The second-order valence-electron chi connectivity index (χ2n) is 7.33. The topological polar surface area (TPSA) is 93.0 Å². The summed E-state index contributed by atoms with van der Waals surface area (Å²) in [5.41, 5.74) is 1.45. The molecule has 0 unspecified atom stereocenters. The predicted octanol–water partition coefficient (Wildman–Crippen LogP) is 4.40. The minimum Gasteiger partial charge on any atom is -0.492 e. The Labute approximate surface area is 193 Å². The summed E-state index contributed by atoms with van der Waals surface area (Å²) in [7, 11) is 1.83. The molecule has 2 aromatic carbocycles. The number of nitrogens with zero attached hydrogens (tertiary/aromatic N) is 1. The van der Waals surface area contributed by atoms with Gasteiger partial charge in [0.15, 0.2) is 0 Å². The molecule has 0 fully saturated rings. The minimum atomic E-state index is -0.268. The van der Waals surface area contributed by atoms with Crippen LogP contribution in [0.15, 0.2) is 65.3 Å². The van der Waals surface area contributed by atoms with Crippen molar-refractivity contribution in [2.75, 3.05) is 37.4 Å². The molecule has 8 heteroatoms. The molecule has 0 saturated carbocycles. The number of hydrogen-bond acceptors (Lipinski definition) is 6. The number of rotatable bonds is 11. The maximum Gasteiger partial charge on any atom is 0.255 e. The van der Waals surface area contributed by atoms with E-state index in [9.17, 15) is 9.59 Å². The number of likely N-dealkylation sites (N-methyl/N-ethyl adjacent to an activating group) is 1. The van der Waals surface area contributed by atoms with E-state index in [1.165, 1.54) is 0 Å². The summed E-state index contributed by atoms with van der Waals surface area (Å²) in [6.45, 7) is 5.14. The van der Waals surface area contributed by atoms with E-state index < -0.39 is 0 Å². The molecule has 0 aliphatic carbocycles. The van der Waals surface area contributed by atoms with E-state index in [0.717, 1.165) is 5.76 Å². The third-order valence-electron chi connectivity index (χ3n) is 4.66. The number of amides is 2. The molecule has 8 nitrogen and oxygen atoms in total. The molecule has 0 spiro atoms. The highest BCUT2D eigenvalue weighted by Gasteiger charge is 2.18. The molecular formula is C25H29N3O5. The zero-order valence-corrected chi connectivity index (χ0v) is 19.1. The maximum atomic E-state index is 12.7. The highest BCUT2D eigenvalue weighted by Crippen LogP contribution is 2.37. The van der Waals surface area contributed by atoms with Crippen LogP contribution < -0.4 is 20.1 Å². The average Bonchev–Trinajstić information content (AvgIpc) is 3.30. The molecule has 2 N–H and O–H groups in total. The molecule has 1 aromatic heterocycles. The Balaban J connectivity index is 1.78. The second-order valence-corrected chi connectivity index (χ2v) is 7.33. The third kappa shape index (κ3) is 6.85. The fraction of sp³-hybridized carbons (Fsp3) is 0.280. The molecule has 0 atom stereocenters. The van der Waals surface area contributed by atoms with E-state index in [-0.39, 0.29) is 18.4 Å². The molecule has 0 aliphatic heterocycles. The molecule has 1 heterocycles. The Kier molecular flexibility index (Phi) is 8.49. The predicted molar refractivity (Wildman–Crippen MR) is 127 cm³/mol. The van der Waals surface area contributed by atoms with E-state index in [2.05, 4.69) is 10.6 Å². The van der Waals surface area contributed by atoms with Gasteiger partial charge >= 0.3 is 0 Å². The zero-order chi connectivity index (χ0) is 23.6. The van der Waals surface area contributed by atoms with E-state index in [4.69, 9.17) is 13.9 Å². The highest BCUT2D eigenvalue weighted by molar-refractivity contribution is 6.05. The van der Waals surface area contributed by atoms with Crippen LogP contribution in [0.1, 0.15) is 30.0 Å². The van der Waals surface area contributed by atoms with Crippen LogP contribution in [-0.4, -0.2) is 43.5 Å². The number of benzene rings is 2. The molecular weight excluding hydrogens is 422 g/mol. The van der Waals surface area contributed by atoms with Crippen molar-refractivity contribution in [3.63, 3.8) is 0 Å². The van der Waals surface area contributed by atoms with Gasteiger partial charge in [-0.25, -0.2) is 0 Å². The summed E-state index contributed by atoms with van der Waals surface area (Å²) in [6.07, 6.45) is 1.60. The quantitative estimate of drug-likeness (QED) is 0.449. The highest BCUT2D eigenvalue weighted by atomic mass is 16.5. The van der Waals surface area contributed by atoms with Crippen LogP contribution in [0.5, 0.6) is 11.5 Å². The smallest absolute Gasteiger partial charge is 0.255 e. The van der Waals surface area contributed by atoms with Gasteiger partial charge in [-0.15, -0.1) is 0 Å².